The maximum Gasteiger partial charge on any atom is 0.406 e. The second-order valence-electron chi connectivity index (χ2n) is 4.28. The lowest BCUT2D eigenvalue weighted by Crippen LogP contribution is -2.36. The Kier molecular flexibility index (Phi) is 6.15. The molecule has 1 amide bonds. The lowest BCUT2D eigenvalue weighted by Gasteiger charge is -2.28. The molecule has 0 aliphatic heterocycles. The van der Waals surface area contributed by atoms with Crippen LogP contribution in [0.4, 0.5) is 4.79 Å². The van der Waals surface area contributed by atoms with E-state index < -0.39 is 6.09 Å². The van der Waals surface area contributed by atoms with E-state index in [2.05, 4.69) is 21.9 Å². The van der Waals surface area contributed by atoms with Crippen LogP contribution in [0.2, 0.25) is 0 Å². The minimum Gasteiger partial charge on any atom is -0.508 e. The number of ether oxygens (including phenoxy) is 1. The number of phenols is 1. The molecule has 0 aromatic heterocycles. The van der Waals surface area contributed by atoms with Crippen LogP contribution in [0.3, 0.4) is 0 Å². The number of carbonyl (C=O) groups excluding carboxylic acids is 1. The Bertz CT molecular complexity index is 409. The second kappa shape index (κ2) is 7.63. The fourth-order valence-electron chi connectivity index (χ4n) is 2.04. The van der Waals surface area contributed by atoms with E-state index >= 15 is 0 Å². The van der Waals surface area contributed by atoms with Gasteiger partial charge in [-0.25, -0.2) is 4.79 Å². The predicted octanol–water partition coefficient (Wildman–Crippen LogP) is 2.13. The number of rotatable bonds is 6. The van der Waals surface area contributed by atoms with Gasteiger partial charge in [0.25, 0.3) is 0 Å². The number of nitrogens with zero attached hydrogens (tertiary/aromatic N) is 1. The first-order valence-corrected chi connectivity index (χ1v) is 6.43. The summed E-state index contributed by atoms with van der Waals surface area (Å²) in [6.45, 7) is 6.13. The third kappa shape index (κ3) is 4.44. The van der Waals surface area contributed by atoms with Crippen LogP contribution in [0, 0.1) is 0 Å². The smallest absolute Gasteiger partial charge is 0.406 e. The van der Waals surface area contributed by atoms with Crippen molar-refractivity contribution in [1.82, 2.24) is 10.2 Å². The molecule has 2 N–H and O–H groups in total. The Labute approximate surface area is 114 Å². The van der Waals surface area contributed by atoms with Crippen molar-refractivity contribution < 1.29 is 14.6 Å². The van der Waals surface area contributed by atoms with Gasteiger partial charge in [0.1, 0.15) is 5.75 Å². The molecule has 106 valence electrons. The van der Waals surface area contributed by atoms with Gasteiger partial charge in [0, 0.05) is 24.7 Å². The molecule has 1 aromatic carbocycles. The van der Waals surface area contributed by atoms with Gasteiger partial charge in [-0.05, 0) is 19.5 Å². The Morgan fingerprint density at radius 1 is 1.47 bits per heavy atom. The number of hydrogen-bond acceptors (Lipinski definition) is 4. The molecule has 1 rings (SSSR count). The number of methoxy groups -OCH3 is 1. The molecular weight excluding hydrogens is 244 g/mol. The summed E-state index contributed by atoms with van der Waals surface area (Å²) in [6, 6.07) is 7.40. The van der Waals surface area contributed by atoms with E-state index in [0.29, 0.717) is 18.8 Å². The zero-order valence-corrected chi connectivity index (χ0v) is 11.7. The molecule has 0 heterocycles. The molecule has 1 unspecified atom stereocenters. The summed E-state index contributed by atoms with van der Waals surface area (Å²) < 4.78 is 4.52. The number of nitrogens with one attached hydrogen (secondary N) is 1. The maximum atomic E-state index is 11.0. The fraction of sp³-hybridized carbons (Fsp3) is 0.500. The molecule has 0 fully saturated rings. The SMILES string of the molecule is CCN(CCNC(=O)OC)C(C)c1ccccc1O. The van der Waals surface area contributed by atoms with E-state index in [1.54, 1.807) is 12.1 Å². The van der Waals surface area contributed by atoms with Crippen molar-refractivity contribution in [2.45, 2.75) is 19.9 Å². The van der Waals surface area contributed by atoms with Gasteiger partial charge in [0.05, 0.1) is 7.11 Å². The van der Waals surface area contributed by atoms with Gasteiger partial charge >= 0.3 is 6.09 Å². The minimum absolute atomic E-state index is 0.0886. The van der Waals surface area contributed by atoms with Gasteiger partial charge in [0.15, 0.2) is 0 Å². The van der Waals surface area contributed by atoms with Crippen molar-refractivity contribution >= 4 is 6.09 Å². The molecule has 0 saturated heterocycles. The van der Waals surface area contributed by atoms with Crippen LogP contribution < -0.4 is 5.32 Å². The summed E-state index contributed by atoms with van der Waals surface area (Å²) in [5, 5.41) is 12.5. The van der Waals surface area contributed by atoms with Gasteiger partial charge < -0.3 is 15.2 Å². The zero-order chi connectivity index (χ0) is 14.3. The molecule has 0 bridgehead atoms. The first-order valence-electron chi connectivity index (χ1n) is 6.43. The lowest BCUT2D eigenvalue weighted by atomic mass is 10.1. The first-order chi connectivity index (χ1) is 9.10. The first kappa shape index (κ1) is 15.3. The standard InChI is InChI=1S/C14H22N2O3/c1-4-16(10-9-15-14(18)19-3)11(2)12-7-5-6-8-13(12)17/h5-8,11,17H,4,9-10H2,1-3H3,(H,15,18). The van der Waals surface area contributed by atoms with E-state index in [9.17, 15) is 9.90 Å². The maximum absolute atomic E-state index is 11.0. The van der Waals surface area contributed by atoms with E-state index in [4.69, 9.17) is 0 Å². The highest BCUT2D eigenvalue weighted by Gasteiger charge is 2.16. The molecule has 5 nitrogen and oxygen atoms in total. The summed E-state index contributed by atoms with van der Waals surface area (Å²) in [6.07, 6.45) is -0.425. The topological polar surface area (TPSA) is 61.8 Å². The number of para-hydroxylation sites is 1. The zero-order valence-electron chi connectivity index (χ0n) is 11.7. The Morgan fingerprint density at radius 2 is 2.16 bits per heavy atom. The third-order valence-electron chi connectivity index (χ3n) is 3.19. The van der Waals surface area contributed by atoms with Crippen molar-refractivity contribution in [3.63, 3.8) is 0 Å². The van der Waals surface area contributed by atoms with E-state index in [1.165, 1.54) is 7.11 Å². The quantitative estimate of drug-likeness (QED) is 0.828. The Hall–Kier alpha value is -1.75. The number of phenolic OH excluding ortho intramolecular Hbond substituents is 1. The van der Waals surface area contributed by atoms with Crippen molar-refractivity contribution in [3.8, 4) is 5.75 Å². The van der Waals surface area contributed by atoms with Crippen molar-refractivity contribution in [2.75, 3.05) is 26.7 Å². The van der Waals surface area contributed by atoms with Crippen LogP contribution in [0.1, 0.15) is 25.5 Å². The highest BCUT2D eigenvalue weighted by Crippen LogP contribution is 2.27. The van der Waals surface area contributed by atoms with E-state index in [1.807, 2.05) is 19.1 Å². The second-order valence-corrected chi connectivity index (χ2v) is 4.28. The van der Waals surface area contributed by atoms with Gasteiger partial charge in [-0.1, -0.05) is 25.1 Å². The van der Waals surface area contributed by atoms with Crippen LogP contribution in [-0.2, 0) is 4.74 Å². The lowest BCUT2D eigenvalue weighted by molar-refractivity contribution is 0.165. The summed E-state index contributed by atoms with van der Waals surface area (Å²) in [7, 11) is 1.34. The molecule has 1 atom stereocenters. The third-order valence-corrected chi connectivity index (χ3v) is 3.19. The monoisotopic (exact) mass is 266 g/mol. The van der Waals surface area contributed by atoms with Crippen molar-refractivity contribution in [1.29, 1.82) is 0 Å². The summed E-state index contributed by atoms with van der Waals surface area (Å²) >= 11 is 0. The molecule has 5 heteroatoms. The van der Waals surface area contributed by atoms with Gasteiger partial charge in [-0.3, -0.25) is 4.90 Å². The summed E-state index contributed by atoms with van der Waals surface area (Å²) in [4.78, 5) is 13.2. The molecular formula is C14H22N2O3. The highest BCUT2D eigenvalue weighted by molar-refractivity contribution is 5.66. The Morgan fingerprint density at radius 3 is 2.74 bits per heavy atom. The number of alkyl carbamates (subject to hydrolysis) is 1. The van der Waals surface area contributed by atoms with Crippen LogP contribution in [0.25, 0.3) is 0 Å². The summed E-state index contributed by atoms with van der Waals surface area (Å²) in [5.74, 6) is 0.300. The number of likely N-dealkylation sites (N-methyl/N-ethyl adjacent to an activating group) is 1. The normalized spacial score (nSPS) is 12.2. The average molecular weight is 266 g/mol. The predicted molar refractivity (Wildman–Crippen MR) is 74.2 cm³/mol. The molecule has 0 spiro atoms. The molecule has 1 aromatic rings. The molecule has 0 aliphatic carbocycles. The average Bonchev–Trinajstić information content (AvgIpc) is 2.43. The van der Waals surface area contributed by atoms with E-state index in [-0.39, 0.29) is 6.04 Å². The van der Waals surface area contributed by atoms with Crippen LogP contribution in [0.15, 0.2) is 24.3 Å². The van der Waals surface area contributed by atoms with Crippen molar-refractivity contribution in [2.24, 2.45) is 0 Å². The number of aromatic hydroxyl groups is 1. The van der Waals surface area contributed by atoms with E-state index in [0.717, 1.165) is 12.1 Å². The minimum atomic E-state index is -0.425. The van der Waals surface area contributed by atoms with Crippen molar-refractivity contribution in [3.05, 3.63) is 29.8 Å². The largest absolute Gasteiger partial charge is 0.508 e. The van der Waals surface area contributed by atoms with Crippen LogP contribution in [0.5, 0.6) is 5.75 Å². The highest BCUT2D eigenvalue weighted by atomic mass is 16.5. The number of hydrogen-bond donors (Lipinski definition) is 2. The number of benzene rings is 1. The molecule has 0 saturated carbocycles. The van der Waals surface area contributed by atoms with Gasteiger partial charge in [0.2, 0.25) is 0 Å². The number of carbonyl (C=O) groups is 1. The summed E-state index contributed by atoms with van der Waals surface area (Å²) in [5.41, 5.74) is 0.891. The molecule has 19 heavy (non-hydrogen) atoms. The van der Waals surface area contributed by atoms with Gasteiger partial charge in [-0.15, -0.1) is 0 Å². The fourth-order valence-corrected chi connectivity index (χ4v) is 2.04. The van der Waals surface area contributed by atoms with Gasteiger partial charge in [-0.2, -0.15) is 0 Å². The van der Waals surface area contributed by atoms with Crippen LogP contribution in [-0.4, -0.2) is 42.8 Å². The Balaban J connectivity index is 2.59. The van der Waals surface area contributed by atoms with Crippen LogP contribution >= 0.6 is 0 Å². The molecule has 0 radical (unpaired) electrons. The molecule has 0 aliphatic rings. The number of amides is 1.